The zero-order valence-electron chi connectivity index (χ0n) is 12.7. The third kappa shape index (κ3) is 5.57. The minimum Gasteiger partial charge on any atom is -0.466 e. The van der Waals surface area contributed by atoms with Crippen molar-refractivity contribution in [3.63, 3.8) is 0 Å². The first-order valence-corrected chi connectivity index (χ1v) is 8.82. The zero-order chi connectivity index (χ0) is 17.5. The van der Waals surface area contributed by atoms with Gasteiger partial charge in [0.15, 0.2) is 4.34 Å². The third-order valence-electron chi connectivity index (χ3n) is 2.69. The summed E-state index contributed by atoms with van der Waals surface area (Å²) in [4.78, 5) is 27.4. The molecule has 5 nitrogen and oxygen atoms in total. The van der Waals surface area contributed by atoms with E-state index in [0.717, 1.165) is 30.0 Å². The summed E-state index contributed by atoms with van der Waals surface area (Å²) in [5.74, 6) is -2.20. The van der Waals surface area contributed by atoms with Crippen LogP contribution in [0.4, 0.5) is 14.5 Å². The summed E-state index contributed by atoms with van der Waals surface area (Å²) in [5, 5.41) is 4.02. The summed E-state index contributed by atoms with van der Waals surface area (Å²) in [5.41, 5.74) is 0.361. The van der Waals surface area contributed by atoms with E-state index in [9.17, 15) is 18.4 Å². The van der Waals surface area contributed by atoms with Gasteiger partial charge in [-0.15, -0.1) is 11.3 Å². The Hall–Kier alpha value is -2.00. The smallest absolute Gasteiger partial charge is 0.311 e. The van der Waals surface area contributed by atoms with Gasteiger partial charge in [-0.1, -0.05) is 11.8 Å². The van der Waals surface area contributed by atoms with Gasteiger partial charge >= 0.3 is 5.97 Å². The van der Waals surface area contributed by atoms with Crippen LogP contribution in [0.15, 0.2) is 27.9 Å². The van der Waals surface area contributed by atoms with Crippen LogP contribution >= 0.6 is 23.1 Å². The first kappa shape index (κ1) is 18.3. The Morgan fingerprint density at radius 1 is 1.38 bits per heavy atom. The number of ether oxygens (including phenoxy) is 1. The number of anilines is 1. The topological polar surface area (TPSA) is 68.3 Å². The van der Waals surface area contributed by atoms with Crippen molar-refractivity contribution in [3.05, 3.63) is 40.9 Å². The van der Waals surface area contributed by atoms with Crippen molar-refractivity contribution in [2.45, 2.75) is 17.7 Å². The van der Waals surface area contributed by atoms with E-state index in [1.165, 1.54) is 11.3 Å². The lowest BCUT2D eigenvalue weighted by molar-refractivity contribution is -0.142. The summed E-state index contributed by atoms with van der Waals surface area (Å²) in [6.07, 6.45) is 0.0750. The highest BCUT2D eigenvalue weighted by molar-refractivity contribution is 8.01. The van der Waals surface area contributed by atoms with Crippen molar-refractivity contribution in [2.75, 3.05) is 17.7 Å². The summed E-state index contributed by atoms with van der Waals surface area (Å²) >= 11 is 2.44. The SMILES string of the molecule is CCOC(=O)Cc1csc(SCC(=O)Nc2cc(F)ccc2F)n1. The second-order valence-electron chi connectivity index (χ2n) is 4.55. The van der Waals surface area contributed by atoms with Crippen molar-refractivity contribution in [1.29, 1.82) is 0 Å². The average molecular weight is 372 g/mol. The maximum Gasteiger partial charge on any atom is 0.311 e. The number of amides is 1. The standard InChI is InChI=1S/C15H14F2N2O3S2/c1-2-22-14(21)6-10-7-23-15(18-10)24-8-13(20)19-12-5-9(16)3-4-11(12)17/h3-5,7H,2,6,8H2,1H3,(H,19,20). The molecule has 0 saturated heterocycles. The molecule has 1 aromatic carbocycles. The summed E-state index contributed by atoms with van der Waals surface area (Å²) < 4.78 is 31.9. The van der Waals surface area contributed by atoms with E-state index in [0.29, 0.717) is 16.6 Å². The van der Waals surface area contributed by atoms with Crippen LogP contribution in [0.25, 0.3) is 0 Å². The lowest BCUT2D eigenvalue weighted by Crippen LogP contribution is -2.15. The van der Waals surface area contributed by atoms with Crippen molar-refractivity contribution in [1.82, 2.24) is 4.98 Å². The number of aromatic nitrogens is 1. The number of thioether (sulfide) groups is 1. The molecule has 1 amide bonds. The van der Waals surface area contributed by atoms with Gasteiger partial charge < -0.3 is 10.1 Å². The van der Waals surface area contributed by atoms with Crippen molar-refractivity contribution < 1.29 is 23.1 Å². The molecule has 9 heteroatoms. The second kappa shape index (κ2) is 8.74. The van der Waals surface area contributed by atoms with Crippen LogP contribution in [-0.4, -0.2) is 29.2 Å². The van der Waals surface area contributed by atoms with E-state index in [1.54, 1.807) is 12.3 Å². The molecule has 24 heavy (non-hydrogen) atoms. The molecule has 1 heterocycles. The third-order valence-corrected chi connectivity index (χ3v) is 4.76. The molecule has 0 aliphatic heterocycles. The van der Waals surface area contributed by atoms with Gasteiger partial charge in [0.25, 0.3) is 0 Å². The van der Waals surface area contributed by atoms with Crippen LogP contribution in [0, 0.1) is 11.6 Å². The first-order chi connectivity index (χ1) is 11.5. The van der Waals surface area contributed by atoms with Gasteiger partial charge in [-0.3, -0.25) is 9.59 Å². The monoisotopic (exact) mass is 372 g/mol. The lowest BCUT2D eigenvalue weighted by atomic mass is 10.3. The predicted molar refractivity (Wildman–Crippen MR) is 88.2 cm³/mol. The molecular formula is C15H14F2N2O3S2. The molecule has 0 atom stereocenters. The minimum absolute atomic E-state index is 0.0116. The highest BCUT2D eigenvalue weighted by atomic mass is 32.2. The van der Waals surface area contributed by atoms with Gasteiger partial charge in [-0.2, -0.15) is 0 Å². The van der Waals surface area contributed by atoms with E-state index in [-0.39, 0.29) is 23.8 Å². The van der Waals surface area contributed by atoms with E-state index >= 15 is 0 Å². The quantitative estimate of drug-likeness (QED) is 0.597. The summed E-state index contributed by atoms with van der Waals surface area (Å²) in [7, 11) is 0. The molecule has 0 aliphatic carbocycles. The van der Waals surface area contributed by atoms with Gasteiger partial charge in [-0.25, -0.2) is 13.8 Å². The Morgan fingerprint density at radius 2 is 2.17 bits per heavy atom. The fraction of sp³-hybridized carbons (Fsp3) is 0.267. The van der Waals surface area contributed by atoms with Crippen molar-refractivity contribution in [3.8, 4) is 0 Å². The molecule has 0 aliphatic rings. The Morgan fingerprint density at radius 3 is 2.92 bits per heavy atom. The largest absolute Gasteiger partial charge is 0.466 e. The maximum atomic E-state index is 13.4. The molecule has 0 saturated carbocycles. The number of carbonyl (C=O) groups is 2. The molecule has 128 valence electrons. The molecule has 2 rings (SSSR count). The number of halogens is 2. The number of carbonyl (C=O) groups excluding carboxylic acids is 2. The highest BCUT2D eigenvalue weighted by Crippen LogP contribution is 2.23. The number of hydrogen-bond acceptors (Lipinski definition) is 6. The van der Waals surface area contributed by atoms with Gasteiger partial charge in [-0.05, 0) is 19.1 Å². The van der Waals surface area contributed by atoms with Gasteiger partial charge in [0.05, 0.1) is 30.2 Å². The van der Waals surface area contributed by atoms with Crippen LogP contribution in [-0.2, 0) is 20.7 Å². The van der Waals surface area contributed by atoms with Gasteiger partial charge in [0.2, 0.25) is 5.91 Å². The van der Waals surface area contributed by atoms with Crippen LogP contribution in [0.1, 0.15) is 12.6 Å². The lowest BCUT2D eigenvalue weighted by Gasteiger charge is -2.05. The zero-order valence-corrected chi connectivity index (χ0v) is 14.3. The molecule has 0 radical (unpaired) electrons. The molecule has 2 aromatic rings. The van der Waals surface area contributed by atoms with Gasteiger partial charge in [0, 0.05) is 11.4 Å². The highest BCUT2D eigenvalue weighted by Gasteiger charge is 2.12. The summed E-state index contributed by atoms with van der Waals surface area (Å²) in [6.45, 7) is 2.03. The number of hydrogen-bond donors (Lipinski definition) is 1. The number of benzene rings is 1. The molecule has 1 aromatic heterocycles. The molecule has 0 bridgehead atoms. The van der Waals surface area contributed by atoms with Crippen LogP contribution < -0.4 is 5.32 Å². The van der Waals surface area contributed by atoms with Crippen molar-refractivity contribution in [2.24, 2.45) is 0 Å². The number of esters is 1. The molecule has 1 N–H and O–H groups in total. The fourth-order valence-corrected chi connectivity index (χ4v) is 3.35. The number of rotatable bonds is 7. The van der Waals surface area contributed by atoms with E-state index in [4.69, 9.17) is 4.74 Å². The van der Waals surface area contributed by atoms with Gasteiger partial charge in [0.1, 0.15) is 11.6 Å². The predicted octanol–water partition coefficient (Wildman–Crippen LogP) is 3.26. The molecule has 0 fully saturated rings. The van der Waals surface area contributed by atoms with E-state index < -0.39 is 17.5 Å². The second-order valence-corrected chi connectivity index (χ2v) is 6.63. The molecular weight excluding hydrogens is 358 g/mol. The Labute approximate surface area is 145 Å². The maximum absolute atomic E-state index is 13.4. The number of nitrogens with one attached hydrogen (secondary N) is 1. The van der Waals surface area contributed by atoms with Crippen LogP contribution in [0.3, 0.4) is 0 Å². The molecule has 0 unspecified atom stereocenters. The minimum atomic E-state index is -0.708. The first-order valence-electron chi connectivity index (χ1n) is 6.95. The number of thiazole rings is 1. The van der Waals surface area contributed by atoms with E-state index in [1.807, 2.05) is 0 Å². The van der Waals surface area contributed by atoms with Crippen molar-refractivity contribution >= 4 is 40.7 Å². The number of nitrogens with zero attached hydrogens (tertiary/aromatic N) is 1. The Bertz CT molecular complexity index is 737. The Balaban J connectivity index is 1.85. The van der Waals surface area contributed by atoms with Crippen LogP contribution in [0.2, 0.25) is 0 Å². The Kier molecular flexibility index (Phi) is 6.68. The van der Waals surface area contributed by atoms with E-state index in [2.05, 4.69) is 10.3 Å². The van der Waals surface area contributed by atoms with Crippen LogP contribution in [0.5, 0.6) is 0 Å². The normalized spacial score (nSPS) is 10.5. The summed E-state index contributed by atoms with van der Waals surface area (Å²) in [6, 6.07) is 2.83. The fourth-order valence-electron chi connectivity index (χ4n) is 1.70. The average Bonchev–Trinajstić information content (AvgIpc) is 2.96. The molecule has 0 spiro atoms.